The molecule has 5 heteroatoms. The first-order valence-corrected chi connectivity index (χ1v) is 6.78. The molecule has 1 amide bonds. The lowest BCUT2D eigenvalue weighted by atomic mass is 10.1. The summed E-state index contributed by atoms with van der Waals surface area (Å²) < 4.78 is 5.19. The zero-order valence-corrected chi connectivity index (χ0v) is 12.4. The molecule has 0 saturated carbocycles. The molecule has 0 bridgehead atoms. The number of anilines is 1. The number of aryl methyl sites for hydroxylation is 2. The molecule has 0 spiro atoms. The summed E-state index contributed by atoms with van der Waals surface area (Å²) in [7, 11) is 0. The van der Waals surface area contributed by atoms with E-state index in [1.54, 1.807) is 24.0 Å². The fraction of sp³-hybridized carbons (Fsp3) is 0.312. The van der Waals surface area contributed by atoms with Crippen LogP contribution in [-0.4, -0.2) is 18.5 Å². The smallest absolute Gasteiger partial charge is 0.294 e. The van der Waals surface area contributed by atoms with Gasteiger partial charge < -0.3 is 9.32 Å². The zero-order chi connectivity index (χ0) is 15.4. The number of hydrogen-bond acceptors (Lipinski definition) is 4. The third kappa shape index (κ3) is 3.18. The SMILES string of the molecule is Cc1cccc(C)c1N(CC(C)N=O)C(=O)c1ccco1. The number of rotatable bonds is 5. The van der Waals surface area contributed by atoms with E-state index >= 15 is 0 Å². The Balaban J connectivity index is 2.45. The topological polar surface area (TPSA) is 62.9 Å². The van der Waals surface area contributed by atoms with Crippen LogP contribution in [0.2, 0.25) is 0 Å². The number of nitrogens with zero attached hydrogens (tertiary/aromatic N) is 2. The second-order valence-electron chi connectivity index (χ2n) is 5.09. The van der Waals surface area contributed by atoms with Crippen molar-refractivity contribution in [2.24, 2.45) is 5.18 Å². The van der Waals surface area contributed by atoms with Crippen LogP contribution in [0.5, 0.6) is 0 Å². The molecule has 0 aliphatic heterocycles. The van der Waals surface area contributed by atoms with Crippen molar-refractivity contribution in [3.63, 3.8) is 0 Å². The highest BCUT2D eigenvalue weighted by molar-refractivity contribution is 6.05. The first kappa shape index (κ1) is 15.0. The molecule has 0 N–H and O–H groups in total. The molecule has 1 aromatic heterocycles. The van der Waals surface area contributed by atoms with Crippen molar-refractivity contribution in [3.05, 3.63) is 58.4 Å². The molecule has 110 valence electrons. The Bertz CT molecular complexity index is 615. The molecular weight excluding hydrogens is 268 g/mol. The molecule has 2 aromatic rings. The van der Waals surface area contributed by atoms with Crippen molar-refractivity contribution in [1.82, 2.24) is 0 Å². The number of furan rings is 1. The Hall–Kier alpha value is -2.43. The Morgan fingerprint density at radius 3 is 2.43 bits per heavy atom. The fourth-order valence-corrected chi connectivity index (χ4v) is 2.34. The lowest BCUT2D eigenvalue weighted by Crippen LogP contribution is -2.37. The molecule has 21 heavy (non-hydrogen) atoms. The summed E-state index contributed by atoms with van der Waals surface area (Å²) in [5, 5.41) is 3.00. The van der Waals surface area contributed by atoms with Crippen LogP contribution in [0.4, 0.5) is 5.69 Å². The Morgan fingerprint density at radius 1 is 1.24 bits per heavy atom. The van der Waals surface area contributed by atoms with Gasteiger partial charge >= 0.3 is 0 Å². The molecule has 1 aromatic carbocycles. The highest BCUT2D eigenvalue weighted by atomic mass is 16.3. The minimum atomic E-state index is -0.497. The molecule has 0 saturated heterocycles. The molecule has 0 radical (unpaired) electrons. The number of hydrogen-bond donors (Lipinski definition) is 0. The second-order valence-corrected chi connectivity index (χ2v) is 5.09. The van der Waals surface area contributed by atoms with Crippen molar-refractivity contribution in [2.75, 3.05) is 11.4 Å². The van der Waals surface area contributed by atoms with Crippen LogP contribution in [0.3, 0.4) is 0 Å². The number of nitroso groups, excluding NO2 is 1. The molecule has 5 nitrogen and oxygen atoms in total. The first-order chi connectivity index (χ1) is 10.0. The predicted octanol–water partition coefficient (Wildman–Crippen LogP) is 3.70. The summed E-state index contributed by atoms with van der Waals surface area (Å²) in [5.74, 6) is -0.0244. The summed E-state index contributed by atoms with van der Waals surface area (Å²) in [6, 6.07) is 8.58. The summed E-state index contributed by atoms with van der Waals surface area (Å²) in [6.07, 6.45) is 1.46. The Morgan fingerprint density at radius 2 is 1.90 bits per heavy atom. The van der Waals surface area contributed by atoms with E-state index in [4.69, 9.17) is 4.42 Å². The van der Waals surface area contributed by atoms with E-state index in [1.165, 1.54) is 6.26 Å². The molecular formula is C16H18N2O3. The van der Waals surface area contributed by atoms with Gasteiger partial charge in [-0.1, -0.05) is 23.4 Å². The highest BCUT2D eigenvalue weighted by Crippen LogP contribution is 2.26. The van der Waals surface area contributed by atoms with Crippen molar-refractivity contribution < 1.29 is 9.21 Å². The number of para-hydroxylation sites is 1. The van der Waals surface area contributed by atoms with Gasteiger partial charge in [0.25, 0.3) is 5.91 Å². The first-order valence-electron chi connectivity index (χ1n) is 6.78. The maximum atomic E-state index is 12.7. The van der Waals surface area contributed by atoms with E-state index < -0.39 is 6.04 Å². The molecule has 0 aliphatic rings. The summed E-state index contributed by atoms with van der Waals surface area (Å²) in [4.78, 5) is 25.0. The van der Waals surface area contributed by atoms with Gasteiger partial charge in [-0.15, -0.1) is 0 Å². The maximum absolute atomic E-state index is 12.7. The number of amides is 1. The lowest BCUT2D eigenvalue weighted by molar-refractivity contribution is 0.0958. The van der Waals surface area contributed by atoms with Gasteiger partial charge in [0.2, 0.25) is 0 Å². The van der Waals surface area contributed by atoms with Crippen LogP contribution in [-0.2, 0) is 0 Å². The monoisotopic (exact) mass is 286 g/mol. The average molecular weight is 286 g/mol. The fourth-order valence-electron chi connectivity index (χ4n) is 2.34. The largest absolute Gasteiger partial charge is 0.459 e. The Labute approximate surface area is 123 Å². The summed E-state index contributed by atoms with van der Waals surface area (Å²) >= 11 is 0. The van der Waals surface area contributed by atoms with Crippen LogP contribution >= 0.6 is 0 Å². The van der Waals surface area contributed by atoms with Crippen LogP contribution in [0, 0.1) is 18.8 Å². The summed E-state index contributed by atoms with van der Waals surface area (Å²) in [5.41, 5.74) is 2.73. The van der Waals surface area contributed by atoms with E-state index in [1.807, 2.05) is 32.0 Å². The predicted molar refractivity (Wildman–Crippen MR) is 81.6 cm³/mol. The number of carbonyl (C=O) groups excluding carboxylic acids is 1. The average Bonchev–Trinajstić information content (AvgIpc) is 2.99. The van der Waals surface area contributed by atoms with Crippen LogP contribution < -0.4 is 4.90 Å². The van der Waals surface area contributed by atoms with E-state index in [9.17, 15) is 9.70 Å². The van der Waals surface area contributed by atoms with Gasteiger partial charge in [-0.05, 0) is 44.0 Å². The van der Waals surface area contributed by atoms with Crippen molar-refractivity contribution in [3.8, 4) is 0 Å². The van der Waals surface area contributed by atoms with Gasteiger partial charge in [-0.2, -0.15) is 4.91 Å². The van der Waals surface area contributed by atoms with Crippen LogP contribution in [0.1, 0.15) is 28.6 Å². The minimum absolute atomic E-state index is 0.217. The third-order valence-electron chi connectivity index (χ3n) is 3.31. The minimum Gasteiger partial charge on any atom is -0.459 e. The molecule has 0 fully saturated rings. The van der Waals surface area contributed by atoms with Gasteiger partial charge in [0.1, 0.15) is 6.04 Å². The van der Waals surface area contributed by atoms with Crippen molar-refractivity contribution in [2.45, 2.75) is 26.8 Å². The highest BCUT2D eigenvalue weighted by Gasteiger charge is 2.24. The quantitative estimate of drug-likeness (QED) is 0.787. The molecule has 1 atom stereocenters. The van der Waals surface area contributed by atoms with Crippen molar-refractivity contribution in [1.29, 1.82) is 0 Å². The Kier molecular flexibility index (Phi) is 4.52. The lowest BCUT2D eigenvalue weighted by Gasteiger charge is -2.26. The van der Waals surface area contributed by atoms with Crippen LogP contribution in [0.15, 0.2) is 46.2 Å². The van der Waals surface area contributed by atoms with Gasteiger partial charge in [0, 0.05) is 5.69 Å². The van der Waals surface area contributed by atoms with Gasteiger partial charge in [0.05, 0.1) is 12.8 Å². The van der Waals surface area contributed by atoms with E-state index in [2.05, 4.69) is 5.18 Å². The standard InChI is InChI=1S/C16H18N2O3/c1-11-6-4-7-12(2)15(11)18(10-13(3)17-20)16(19)14-8-5-9-21-14/h4-9,13H,10H2,1-3H3. The zero-order valence-electron chi connectivity index (χ0n) is 12.4. The van der Waals surface area contributed by atoms with E-state index in [0.29, 0.717) is 0 Å². The number of benzene rings is 1. The maximum Gasteiger partial charge on any atom is 0.294 e. The van der Waals surface area contributed by atoms with Crippen LogP contribution in [0.25, 0.3) is 0 Å². The normalized spacial score (nSPS) is 12.0. The molecule has 2 rings (SSSR count). The molecule has 1 heterocycles. The third-order valence-corrected chi connectivity index (χ3v) is 3.31. The van der Waals surface area contributed by atoms with Crippen molar-refractivity contribution >= 4 is 11.6 Å². The summed E-state index contributed by atoms with van der Waals surface area (Å²) in [6.45, 7) is 5.77. The van der Waals surface area contributed by atoms with E-state index in [-0.39, 0.29) is 18.2 Å². The van der Waals surface area contributed by atoms with Gasteiger partial charge in [-0.25, -0.2) is 0 Å². The van der Waals surface area contributed by atoms with Gasteiger partial charge in [-0.3, -0.25) is 4.79 Å². The van der Waals surface area contributed by atoms with E-state index in [0.717, 1.165) is 16.8 Å². The molecule has 0 aliphatic carbocycles. The van der Waals surface area contributed by atoms with Gasteiger partial charge in [0.15, 0.2) is 5.76 Å². The number of carbonyl (C=O) groups is 1. The second kappa shape index (κ2) is 6.35. The molecule has 1 unspecified atom stereocenters.